The van der Waals surface area contributed by atoms with Gasteiger partial charge in [0.15, 0.2) is 0 Å². The van der Waals surface area contributed by atoms with Crippen molar-refractivity contribution in [3.63, 3.8) is 0 Å². The van der Waals surface area contributed by atoms with Crippen molar-refractivity contribution >= 4 is 35.0 Å². The maximum absolute atomic E-state index is 13.2. The summed E-state index contributed by atoms with van der Waals surface area (Å²) in [5.74, 6) is -0.243. The quantitative estimate of drug-likeness (QED) is 0.618. The third kappa shape index (κ3) is 6.23. The summed E-state index contributed by atoms with van der Waals surface area (Å²) in [5.41, 5.74) is 1.68. The lowest BCUT2D eigenvalue weighted by molar-refractivity contribution is -0.140. The Bertz CT molecular complexity index is 864. The van der Waals surface area contributed by atoms with Crippen molar-refractivity contribution in [2.45, 2.75) is 64.1 Å². The van der Waals surface area contributed by atoms with E-state index < -0.39 is 6.04 Å². The van der Waals surface area contributed by atoms with E-state index in [4.69, 9.17) is 23.2 Å². The summed E-state index contributed by atoms with van der Waals surface area (Å²) < 4.78 is 0. The van der Waals surface area contributed by atoms with E-state index in [0.29, 0.717) is 16.6 Å². The fourth-order valence-corrected chi connectivity index (χ4v) is 4.17. The number of nitrogens with one attached hydrogen (secondary N) is 1. The van der Waals surface area contributed by atoms with Crippen LogP contribution in [0.4, 0.5) is 0 Å². The molecule has 1 N–H and O–H groups in total. The Morgan fingerprint density at radius 1 is 1.03 bits per heavy atom. The predicted molar refractivity (Wildman–Crippen MR) is 122 cm³/mol. The Morgan fingerprint density at radius 3 is 2.37 bits per heavy atom. The van der Waals surface area contributed by atoms with Crippen LogP contribution in [0.15, 0.2) is 48.5 Å². The summed E-state index contributed by atoms with van der Waals surface area (Å²) >= 11 is 12.3. The van der Waals surface area contributed by atoms with Crippen LogP contribution in [0, 0.1) is 0 Å². The average molecular weight is 447 g/mol. The molecule has 0 saturated heterocycles. The summed E-state index contributed by atoms with van der Waals surface area (Å²) in [6, 6.07) is 14.3. The second-order valence-corrected chi connectivity index (χ2v) is 8.78. The number of hydrogen-bond donors (Lipinski definition) is 1. The Morgan fingerprint density at radius 2 is 1.70 bits per heavy atom. The lowest BCUT2D eigenvalue weighted by Crippen LogP contribution is -2.50. The summed E-state index contributed by atoms with van der Waals surface area (Å²) in [5, 5.41) is 4.33. The Hall–Kier alpha value is -2.04. The first-order valence-electron chi connectivity index (χ1n) is 10.5. The van der Waals surface area contributed by atoms with Gasteiger partial charge in [-0.25, -0.2) is 0 Å². The SMILES string of the molecule is CC(C(=O)NC1CCCCC1)N(Cc1ccc(Cl)cc1)C(=O)Cc1ccccc1Cl. The molecule has 1 atom stereocenters. The molecule has 1 saturated carbocycles. The topological polar surface area (TPSA) is 49.4 Å². The Labute approximate surface area is 188 Å². The molecule has 0 spiro atoms. The first-order chi connectivity index (χ1) is 14.4. The molecule has 30 heavy (non-hydrogen) atoms. The van der Waals surface area contributed by atoms with Crippen LogP contribution in [0.3, 0.4) is 0 Å². The van der Waals surface area contributed by atoms with E-state index in [1.807, 2.05) is 30.3 Å². The van der Waals surface area contributed by atoms with Gasteiger partial charge in [0.05, 0.1) is 6.42 Å². The molecule has 6 heteroatoms. The smallest absolute Gasteiger partial charge is 0.242 e. The molecule has 0 aromatic heterocycles. The zero-order chi connectivity index (χ0) is 21.5. The van der Waals surface area contributed by atoms with Gasteiger partial charge in [0.1, 0.15) is 6.04 Å². The van der Waals surface area contributed by atoms with E-state index in [0.717, 1.165) is 36.8 Å². The number of carbonyl (C=O) groups is 2. The molecule has 1 fully saturated rings. The van der Waals surface area contributed by atoms with Crippen molar-refractivity contribution in [3.8, 4) is 0 Å². The largest absolute Gasteiger partial charge is 0.352 e. The molecule has 0 heterocycles. The van der Waals surface area contributed by atoms with Crippen LogP contribution in [-0.4, -0.2) is 28.8 Å². The van der Waals surface area contributed by atoms with E-state index >= 15 is 0 Å². The van der Waals surface area contributed by atoms with Crippen LogP contribution in [0.1, 0.15) is 50.2 Å². The number of amides is 2. The molecule has 2 aromatic rings. The molecule has 0 radical (unpaired) electrons. The fraction of sp³-hybridized carbons (Fsp3) is 0.417. The number of rotatable bonds is 7. The van der Waals surface area contributed by atoms with Crippen molar-refractivity contribution in [1.82, 2.24) is 10.2 Å². The minimum atomic E-state index is -0.586. The molecule has 1 aliphatic carbocycles. The zero-order valence-corrected chi connectivity index (χ0v) is 18.8. The highest BCUT2D eigenvalue weighted by atomic mass is 35.5. The van der Waals surface area contributed by atoms with Gasteiger partial charge in [-0.2, -0.15) is 0 Å². The van der Waals surface area contributed by atoms with Crippen LogP contribution in [-0.2, 0) is 22.6 Å². The molecule has 2 aromatic carbocycles. The van der Waals surface area contributed by atoms with E-state index in [2.05, 4.69) is 5.32 Å². The third-order valence-electron chi connectivity index (χ3n) is 5.68. The fourth-order valence-electron chi connectivity index (χ4n) is 3.84. The van der Waals surface area contributed by atoms with Gasteiger partial charge in [0.25, 0.3) is 0 Å². The van der Waals surface area contributed by atoms with Gasteiger partial charge in [-0.05, 0) is 49.1 Å². The lowest BCUT2D eigenvalue weighted by atomic mass is 9.95. The highest BCUT2D eigenvalue weighted by molar-refractivity contribution is 6.31. The molecule has 1 aliphatic rings. The van der Waals surface area contributed by atoms with Crippen LogP contribution >= 0.6 is 23.2 Å². The summed E-state index contributed by atoms with van der Waals surface area (Å²) in [4.78, 5) is 27.8. The monoisotopic (exact) mass is 446 g/mol. The number of benzene rings is 2. The Kier molecular flexibility index (Phi) is 8.17. The van der Waals surface area contributed by atoms with Crippen LogP contribution in [0.2, 0.25) is 10.0 Å². The van der Waals surface area contributed by atoms with Gasteiger partial charge in [0, 0.05) is 22.6 Å². The standard InChI is InChI=1S/C24H28Cl2N2O2/c1-17(24(30)27-21-8-3-2-4-9-21)28(16-18-11-13-20(25)14-12-18)23(29)15-19-7-5-6-10-22(19)26/h5-7,10-14,17,21H,2-4,8-9,15-16H2,1H3,(H,27,30). The second kappa shape index (κ2) is 10.8. The minimum absolute atomic E-state index is 0.108. The van der Waals surface area contributed by atoms with Crippen LogP contribution in [0.5, 0.6) is 0 Å². The minimum Gasteiger partial charge on any atom is -0.352 e. The highest BCUT2D eigenvalue weighted by Gasteiger charge is 2.28. The molecule has 4 nitrogen and oxygen atoms in total. The lowest BCUT2D eigenvalue weighted by Gasteiger charge is -2.31. The normalized spacial score (nSPS) is 15.4. The van der Waals surface area contributed by atoms with Crippen molar-refractivity contribution < 1.29 is 9.59 Å². The maximum atomic E-state index is 13.2. The first kappa shape index (κ1) is 22.6. The zero-order valence-electron chi connectivity index (χ0n) is 17.2. The first-order valence-corrected chi connectivity index (χ1v) is 11.3. The van der Waals surface area contributed by atoms with E-state index in [-0.39, 0.29) is 24.3 Å². The van der Waals surface area contributed by atoms with Crippen LogP contribution in [0.25, 0.3) is 0 Å². The van der Waals surface area contributed by atoms with E-state index in [1.165, 1.54) is 6.42 Å². The third-order valence-corrected chi connectivity index (χ3v) is 6.31. The number of halogens is 2. The molecule has 160 valence electrons. The molecular weight excluding hydrogens is 419 g/mol. The van der Waals surface area contributed by atoms with Gasteiger partial charge < -0.3 is 10.2 Å². The molecule has 0 aliphatic heterocycles. The van der Waals surface area contributed by atoms with Crippen molar-refractivity contribution in [2.75, 3.05) is 0 Å². The summed E-state index contributed by atoms with van der Waals surface area (Å²) in [7, 11) is 0. The average Bonchev–Trinajstić information content (AvgIpc) is 2.75. The van der Waals surface area contributed by atoms with Crippen molar-refractivity contribution in [3.05, 3.63) is 69.7 Å². The molecule has 1 unspecified atom stereocenters. The summed E-state index contributed by atoms with van der Waals surface area (Å²) in [6.07, 6.45) is 5.65. The second-order valence-electron chi connectivity index (χ2n) is 7.94. The van der Waals surface area contributed by atoms with Crippen molar-refractivity contribution in [2.24, 2.45) is 0 Å². The molecule has 2 amide bonds. The van der Waals surface area contributed by atoms with Crippen LogP contribution < -0.4 is 5.32 Å². The van der Waals surface area contributed by atoms with E-state index in [9.17, 15) is 9.59 Å². The van der Waals surface area contributed by atoms with Gasteiger partial charge in [0.2, 0.25) is 11.8 Å². The predicted octanol–water partition coefficient (Wildman–Crippen LogP) is 5.40. The van der Waals surface area contributed by atoms with E-state index in [1.54, 1.807) is 30.0 Å². The molecule has 3 rings (SSSR count). The molecular formula is C24H28Cl2N2O2. The maximum Gasteiger partial charge on any atom is 0.242 e. The van der Waals surface area contributed by atoms with Gasteiger partial charge in [-0.3, -0.25) is 9.59 Å². The number of nitrogens with zero attached hydrogens (tertiary/aromatic N) is 1. The van der Waals surface area contributed by atoms with Gasteiger partial charge >= 0.3 is 0 Å². The molecule has 0 bridgehead atoms. The number of carbonyl (C=O) groups excluding carboxylic acids is 2. The number of hydrogen-bond acceptors (Lipinski definition) is 2. The van der Waals surface area contributed by atoms with Gasteiger partial charge in [-0.15, -0.1) is 0 Å². The van der Waals surface area contributed by atoms with Gasteiger partial charge in [-0.1, -0.05) is 72.8 Å². The van der Waals surface area contributed by atoms with Crippen molar-refractivity contribution in [1.29, 1.82) is 0 Å². The highest BCUT2D eigenvalue weighted by Crippen LogP contribution is 2.21. The summed E-state index contributed by atoms with van der Waals surface area (Å²) in [6.45, 7) is 2.12. The Balaban J connectivity index is 1.76.